The first-order chi connectivity index (χ1) is 15.7. The average molecular weight is 469 g/mol. The normalized spacial score (nSPS) is 17.6. The van der Waals surface area contributed by atoms with Crippen molar-refractivity contribution in [2.24, 2.45) is 0 Å². The van der Waals surface area contributed by atoms with Crippen LogP contribution in [-0.2, 0) is 9.59 Å². The molecule has 1 unspecified atom stereocenters. The van der Waals surface area contributed by atoms with Gasteiger partial charge >= 0.3 is 5.91 Å². The van der Waals surface area contributed by atoms with Crippen molar-refractivity contribution in [3.05, 3.63) is 75.6 Å². The Bertz CT molecular complexity index is 1260. The second-order valence-corrected chi connectivity index (χ2v) is 8.66. The van der Waals surface area contributed by atoms with E-state index in [0.717, 1.165) is 22.7 Å². The molecule has 0 saturated carbocycles. The van der Waals surface area contributed by atoms with Crippen LogP contribution in [0.4, 0.5) is 9.52 Å². The maximum absolute atomic E-state index is 13.4. The zero-order valence-electron chi connectivity index (χ0n) is 18.1. The number of nitrogens with zero attached hydrogens (tertiary/aromatic N) is 2. The number of phenols is 1. The first-order valence-corrected chi connectivity index (χ1v) is 11.0. The van der Waals surface area contributed by atoms with Crippen molar-refractivity contribution >= 4 is 33.9 Å². The molecule has 0 radical (unpaired) electrons. The van der Waals surface area contributed by atoms with Crippen LogP contribution in [-0.4, -0.2) is 33.5 Å². The summed E-state index contributed by atoms with van der Waals surface area (Å²) in [6.45, 7) is 5.70. The number of hydrogen-bond donors (Lipinski definition) is 2. The Balaban J connectivity index is 1.96. The molecule has 9 heteroatoms. The van der Waals surface area contributed by atoms with Crippen molar-refractivity contribution in [2.45, 2.75) is 26.8 Å². The summed E-state index contributed by atoms with van der Waals surface area (Å²) in [6, 6.07) is 8.41. The molecule has 33 heavy (non-hydrogen) atoms. The Morgan fingerprint density at radius 1 is 1.18 bits per heavy atom. The third-order valence-electron chi connectivity index (χ3n) is 5.38. The number of halogens is 1. The van der Waals surface area contributed by atoms with Gasteiger partial charge in [0, 0.05) is 10.4 Å². The fourth-order valence-electron chi connectivity index (χ4n) is 3.64. The monoisotopic (exact) mass is 468 g/mol. The SMILES string of the molecule is CCOc1cc(C2/C(=C(\O)c3ccc(F)cc3)C(=O)C(=O)N2c2nc(C)c(C)s2)ccc1O. The Morgan fingerprint density at radius 3 is 2.48 bits per heavy atom. The highest BCUT2D eigenvalue weighted by Crippen LogP contribution is 2.45. The van der Waals surface area contributed by atoms with Crippen molar-refractivity contribution in [3.8, 4) is 11.5 Å². The Labute approximate surface area is 193 Å². The van der Waals surface area contributed by atoms with Gasteiger partial charge in [-0.15, -0.1) is 11.3 Å². The summed E-state index contributed by atoms with van der Waals surface area (Å²) in [5, 5.41) is 21.5. The molecular formula is C24H21FN2O5S. The van der Waals surface area contributed by atoms with Gasteiger partial charge < -0.3 is 14.9 Å². The first kappa shape index (κ1) is 22.5. The van der Waals surface area contributed by atoms with Crippen molar-refractivity contribution in [1.29, 1.82) is 0 Å². The van der Waals surface area contributed by atoms with E-state index in [2.05, 4.69) is 4.98 Å². The number of hydrogen-bond acceptors (Lipinski definition) is 7. The van der Waals surface area contributed by atoms with Gasteiger partial charge in [0.05, 0.1) is 23.9 Å². The van der Waals surface area contributed by atoms with E-state index in [1.165, 1.54) is 40.5 Å². The summed E-state index contributed by atoms with van der Waals surface area (Å²) in [6.07, 6.45) is 0. The molecular weight excluding hydrogens is 447 g/mol. The topological polar surface area (TPSA) is 100.0 Å². The zero-order valence-corrected chi connectivity index (χ0v) is 18.9. The minimum atomic E-state index is -1.03. The van der Waals surface area contributed by atoms with Gasteiger partial charge in [0.2, 0.25) is 0 Å². The first-order valence-electron chi connectivity index (χ1n) is 10.2. The molecule has 1 atom stereocenters. The number of amides is 1. The van der Waals surface area contributed by atoms with Gasteiger partial charge in [-0.25, -0.2) is 9.37 Å². The van der Waals surface area contributed by atoms with Crippen molar-refractivity contribution in [1.82, 2.24) is 4.98 Å². The van der Waals surface area contributed by atoms with Crippen LogP contribution in [0, 0.1) is 19.7 Å². The molecule has 1 aliphatic rings. The Hall–Kier alpha value is -3.72. The van der Waals surface area contributed by atoms with E-state index < -0.39 is 29.3 Å². The lowest BCUT2D eigenvalue weighted by molar-refractivity contribution is -0.132. The number of carbonyl (C=O) groups is 2. The number of anilines is 1. The van der Waals surface area contributed by atoms with E-state index in [0.29, 0.717) is 10.7 Å². The molecule has 7 nitrogen and oxygen atoms in total. The molecule has 2 heterocycles. The van der Waals surface area contributed by atoms with E-state index in [1.54, 1.807) is 19.9 Å². The molecule has 170 valence electrons. The third kappa shape index (κ3) is 3.95. The van der Waals surface area contributed by atoms with Gasteiger partial charge in [-0.3, -0.25) is 14.5 Å². The summed E-state index contributed by atoms with van der Waals surface area (Å²) < 4.78 is 18.9. The number of Topliss-reactive ketones (excluding diaryl/α,β-unsaturated/α-hetero) is 1. The molecule has 0 bridgehead atoms. The summed E-state index contributed by atoms with van der Waals surface area (Å²) >= 11 is 1.25. The van der Waals surface area contributed by atoms with Gasteiger partial charge in [0.1, 0.15) is 11.6 Å². The van der Waals surface area contributed by atoms with E-state index in [4.69, 9.17) is 4.74 Å². The van der Waals surface area contributed by atoms with Crippen molar-refractivity contribution < 1.29 is 28.9 Å². The largest absolute Gasteiger partial charge is 0.507 e. The van der Waals surface area contributed by atoms with Crippen LogP contribution in [0.25, 0.3) is 5.76 Å². The number of ketones is 1. The fraction of sp³-hybridized carbons (Fsp3) is 0.208. The number of benzene rings is 2. The molecule has 0 spiro atoms. The highest BCUT2D eigenvalue weighted by molar-refractivity contribution is 7.16. The van der Waals surface area contributed by atoms with Crippen molar-refractivity contribution in [3.63, 3.8) is 0 Å². The summed E-state index contributed by atoms with van der Waals surface area (Å²) in [5.74, 6) is -2.60. The average Bonchev–Trinajstić information content (AvgIpc) is 3.25. The van der Waals surface area contributed by atoms with Crippen LogP contribution in [0.5, 0.6) is 11.5 Å². The maximum Gasteiger partial charge on any atom is 0.301 e. The molecule has 0 aliphatic carbocycles. The molecule has 4 rings (SSSR count). The number of aryl methyl sites for hydroxylation is 2. The Kier molecular flexibility index (Phi) is 5.90. The van der Waals surface area contributed by atoms with Gasteiger partial charge in [-0.05, 0) is 62.7 Å². The second-order valence-electron chi connectivity index (χ2n) is 7.47. The van der Waals surface area contributed by atoms with Crippen LogP contribution >= 0.6 is 11.3 Å². The van der Waals surface area contributed by atoms with Crippen molar-refractivity contribution in [2.75, 3.05) is 11.5 Å². The number of aromatic hydroxyl groups is 1. The highest BCUT2D eigenvalue weighted by atomic mass is 32.1. The van der Waals surface area contributed by atoms with Crippen LogP contribution in [0.3, 0.4) is 0 Å². The van der Waals surface area contributed by atoms with E-state index in [9.17, 15) is 24.2 Å². The molecule has 2 aromatic carbocycles. The van der Waals surface area contributed by atoms with E-state index in [1.807, 2.05) is 6.92 Å². The van der Waals surface area contributed by atoms with E-state index >= 15 is 0 Å². The van der Waals surface area contributed by atoms with Gasteiger partial charge in [0.25, 0.3) is 5.78 Å². The third-order valence-corrected chi connectivity index (χ3v) is 6.46. The number of aliphatic hydroxyl groups excluding tert-OH is 1. The standard InChI is InChI=1S/C24H21FN2O5S/c1-4-32-18-11-15(7-10-17(18)28)20-19(21(29)14-5-8-16(25)9-6-14)22(30)23(31)27(20)24-26-12(2)13(3)33-24/h5-11,20,28-29H,4H2,1-3H3/b21-19+. The zero-order chi connectivity index (χ0) is 23.9. The van der Waals surface area contributed by atoms with Crippen LogP contribution < -0.4 is 9.64 Å². The highest BCUT2D eigenvalue weighted by Gasteiger charge is 2.48. The predicted octanol–water partition coefficient (Wildman–Crippen LogP) is 4.63. The van der Waals surface area contributed by atoms with Crippen LogP contribution in [0.15, 0.2) is 48.0 Å². The number of ether oxygens (including phenoxy) is 1. The lowest BCUT2D eigenvalue weighted by Crippen LogP contribution is -2.29. The maximum atomic E-state index is 13.4. The molecule has 1 aromatic heterocycles. The Morgan fingerprint density at radius 2 is 1.88 bits per heavy atom. The molecule has 1 fully saturated rings. The lowest BCUT2D eigenvalue weighted by Gasteiger charge is -2.23. The number of carbonyl (C=O) groups excluding carboxylic acids is 2. The van der Waals surface area contributed by atoms with Crippen LogP contribution in [0.2, 0.25) is 0 Å². The predicted molar refractivity (Wildman–Crippen MR) is 122 cm³/mol. The smallest absolute Gasteiger partial charge is 0.301 e. The van der Waals surface area contributed by atoms with E-state index in [-0.39, 0.29) is 29.2 Å². The number of aromatic nitrogens is 1. The molecule has 3 aromatic rings. The molecule has 1 aliphatic heterocycles. The lowest BCUT2D eigenvalue weighted by atomic mass is 9.95. The molecule has 2 N–H and O–H groups in total. The molecule has 1 amide bonds. The van der Waals surface area contributed by atoms with Crippen LogP contribution in [0.1, 0.15) is 34.7 Å². The number of phenolic OH excluding ortho intramolecular Hbond substituents is 1. The van der Waals surface area contributed by atoms with Gasteiger partial charge in [0.15, 0.2) is 16.6 Å². The van der Waals surface area contributed by atoms with Gasteiger partial charge in [-0.2, -0.15) is 0 Å². The summed E-state index contributed by atoms with van der Waals surface area (Å²) in [5.41, 5.74) is 1.18. The van der Waals surface area contributed by atoms with Gasteiger partial charge in [-0.1, -0.05) is 6.07 Å². The number of thiazole rings is 1. The summed E-state index contributed by atoms with van der Waals surface area (Å²) in [7, 11) is 0. The minimum Gasteiger partial charge on any atom is -0.507 e. The number of aliphatic hydroxyl groups is 1. The number of rotatable bonds is 5. The minimum absolute atomic E-state index is 0.1000. The second kappa shape index (κ2) is 8.67. The summed E-state index contributed by atoms with van der Waals surface area (Å²) in [4.78, 5) is 32.8. The molecule has 1 saturated heterocycles. The fourth-order valence-corrected chi connectivity index (χ4v) is 4.58. The quantitative estimate of drug-likeness (QED) is 0.322.